The number of benzene rings is 1. The van der Waals surface area contributed by atoms with Crippen molar-refractivity contribution in [1.29, 1.82) is 0 Å². The molecule has 0 radical (unpaired) electrons. The lowest BCUT2D eigenvalue weighted by molar-refractivity contribution is 0.308. The van der Waals surface area contributed by atoms with Crippen molar-refractivity contribution in [2.24, 2.45) is 11.0 Å². The van der Waals surface area contributed by atoms with Crippen LogP contribution in [0.4, 0.5) is 0 Å². The summed E-state index contributed by atoms with van der Waals surface area (Å²) < 4.78 is 0. The Kier molecular flexibility index (Phi) is 5.38. The molecule has 1 aliphatic rings. The first-order valence-electron chi connectivity index (χ1n) is 7.18. The van der Waals surface area contributed by atoms with Gasteiger partial charge in [-0.1, -0.05) is 19.8 Å². The molecule has 1 aromatic carbocycles. The van der Waals surface area contributed by atoms with Crippen LogP contribution in [0.15, 0.2) is 23.3 Å². The number of nitrogens with zero attached hydrogens (tertiary/aromatic N) is 1. The van der Waals surface area contributed by atoms with Crippen molar-refractivity contribution < 1.29 is 10.2 Å². The SMILES string of the molecule is C[C@@H]1CCCC[C@H]1NC(=S)N/N=C/c1ccc(O)c(O)c1. The fourth-order valence-electron chi connectivity index (χ4n) is 2.52. The lowest BCUT2D eigenvalue weighted by atomic mass is 9.86. The van der Waals surface area contributed by atoms with Crippen molar-refractivity contribution in [2.75, 3.05) is 0 Å². The Morgan fingerprint density at radius 1 is 1.29 bits per heavy atom. The molecule has 1 aromatic rings. The molecule has 2 rings (SSSR count). The fraction of sp³-hybridized carbons (Fsp3) is 0.467. The van der Waals surface area contributed by atoms with E-state index >= 15 is 0 Å². The monoisotopic (exact) mass is 307 g/mol. The van der Waals surface area contributed by atoms with E-state index in [1.807, 2.05) is 0 Å². The van der Waals surface area contributed by atoms with E-state index in [0.717, 1.165) is 6.42 Å². The molecule has 1 fully saturated rings. The first-order valence-corrected chi connectivity index (χ1v) is 7.58. The molecule has 1 saturated carbocycles. The fourth-order valence-corrected chi connectivity index (χ4v) is 2.72. The average Bonchev–Trinajstić information content (AvgIpc) is 2.45. The molecule has 0 aliphatic heterocycles. The van der Waals surface area contributed by atoms with Crippen molar-refractivity contribution in [3.8, 4) is 11.5 Å². The number of hydrazone groups is 1. The minimum Gasteiger partial charge on any atom is -0.504 e. The summed E-state index contributed by atoms with van der Waals surface area (Å²) in [6.45, 7) is 2.24. The predicted molar refractivity (Wildman–Crippen MR) is 87.7 cm³/mol. The Morgan fingerprint density at radius 2 is 2.05 bits per heavy atom. The second kappa shape index (κ2) is 7.26. The average molecular weight is 307 g/mol. The highest BCUT2D eigenvalue weighted by molar-refractivity contribution is 7.80. The molecule has 2 atom stereocenters. The van der Waals surface area contributed by atoms with E-state index in [9.17, 15) is 10.2 Å². The zero-order valence-electron chi connectivity index (χ0n) is 12.0. The standard InChI is InChI=1S/C15H21N3O2S/c1-10-4-2-3-5-12(10)17-15(21)18-16-9-11-6-7-13(19)14(20)8-11/h6-10,12,19-20H,2-5H2,1H3,(H2,17,18,21)/b16-9+/t10-,12-/m1/s1. The van der Waals surface area contributed by atoms with Gasteiger partial charge in [0.1, 0.15) is 0 Å². The van der Waals surface area contributed by atoms with Gasteiger partial charge >= 0.3 is 0 Å². The van der Waals surface area contributed by atoms with Gasteiger partial charge < -0.3 is 15.5 Å². The lowest BCUT2D eigenvalue weighted by Crippen LogP contribution is -2.44. The quantitative estimate of drug-likeness (QED) is 0.299. The van der Waals surface area contributed by atoms with Crippen molar-refractivity contribution in [3.05, 3.63) is 23.8 Å². The van der Waals surface area contributed by atoms with Crippen LogP contribution in [0.25, 0.3) is 0 Å². The van der Waals surface area contributed by atoms with Crippen LogP contribution >= 0.6 is 12.2 Å². The van der Waals surface area contributed by atoms with Crippen LogP contribution in [-0.2, 0) is 0 Å². The summed E-state index contributed by atoms with van der Waals surface area (Å²) in [6.07, 6.45) is 6.44. The van der Waals surface area contributed by atoms with E-state index < -0.39 is 0 Å². The Hall–Kier alpha value is -1.82. The first-order chi connectivity index (χ1) is 10.1. The minimum atomic E-state index is -0.171. The molecular weight excluding hydrogens is 286 g/mol. The maximum atomic E-state index is 9.38. The third kappa shape index (κ3) is 4.60. The number of nitrogens with one attached hydrogen (secondary N) is 2. The van der Waals surface area contributed by atoms with Gasteiger partial charge in [0.15, 0.2) is 16.6 Å². The van der Waals surface area contributed by atoms with Crippen LogP contribution in [0.1, 0.15) is 38.2 Å². The van der Waals surface area contributed by atoms with E-state index in [1.165, 1.54) is 37.6 Å². The summed E-state index contributed by atoms with van der Waals surface area (Å²) in [4.78, 5) is 0. The normalized spacial score (nSPS) is 22.1. The Morgan fingerprint density at radius 3 is 2.76 bits per heavy atom. The topological polar surface area (TPSA) is 76.9 Å². The molecule has 0 saturated heterocycles. The maximum absolute atomic E-state index is 9.38. The number of phenolic OH excluding ortho intramolecular Hbond substituents is 2. The zero-order chi connectivity index (χ0) is 15.2. The van der Waals surface area contributed by atoms with E-state index in [-0.39, 0.29) is 11.5 Å². The summed E-state index contributed by atoms with van der Waals surface area (Å²) >= 11 is 5.22. The highest BCUT2D eigenvalue weighted by atomic mass is 32.1. The summed E-state index contributed by atoms with van der Waals surface area (Å²) in [6, 6.07) is 4.91. The molecule has 21 heavy (non-hydrogen) atoms. The summed E-state index contributed by atoms with van der Waals surface area (Å²) in [5.41, 5.74) is 3.45. The molecule has 114 valence electrons. The van der Waals surface area contributed by atoms with Gasteiger partial charge in [-0.05, 0) is 54.7 Å². The predicted octanol–water partition coefficient (Wildman–Crippen LogP) is 2.47. The Bertz CT molecular complexity index is 534. The molecule has 4 N–H and O–H groups in total. The molecule has 6 heteroatoms. The molecular formula is C15H21N3O2S. The number of hydrogen-bond acceptors (Lipinski definition) is 4. The van der Waals surface area contributed by atoms with Gasteiger partial charge in [0.2, 0.25) is 0 Å². The van der Waals surface area contributed by atoms with Crippen LogP contribution < -0.4 is 10.7 Å². The van der Waals surface area contributed by atoms with Crippen LogP contribution in [0, 0.1) is 5.92 Å². The van der Waals surface area contributed by atoms with Crippen LogP contribution in [-0.4, -0.2) is 27.6 Å². The number of aromatic hydroxyl groups is 2. The van der Waals surface area contributed by atoms with Crippen LogP contribution in [0.2, 0.25) is 0 Å². The third-order valence-corrected chi connectivity index (χ3v) is 4.02. The van der Waals surface area contributed by atoms with E-state index in [4.69, 9.17) is 12.2 Å². The molecule has 0 heterocycles. The second-order valence-electron chi connectivity index (χ2n) is 5.46. The van der Waals surface area contributed by atoms with E-state index in [1.54, 1.807) is 6.07 Å². The molecule has 0 spiro atoms. The van der Waals surface area contributed by atoms with Gasteiger partial charge in [-0.2, -0.15) is 5.10 Å². The lowest BCUT2D eigenvalue weighted by Gasteiger charge is -2.30. The van der Waals surface area contributed by atoms with Gasteiger partial charge in [0.25, 0.3) is 0 Å². The molecule has 0 bridgehead atoms. The molecule has 1 aliphatic carbocycles. The summed E-state index contributed by atoms with van der Waals surface area (Å²) in [7, 11) is 0. The van der Waals surface area contributed by atoms with Gasteiger partial charge in [-0.25, -0.2) is 0 Å². The summed E-state index contributed by atoms with van der Waals surface area (Å²) in [5, 5.41) is 26.4. The van der Waals surface area contributed by atoms with Crippen LogP contribution in [0.5, 0.6) is 11.5 Å². The molecule has 0 aromatic heterocycles. The van der Waals surface area contributed by atoms with E-state index in [0.29, 0.717) is 22.6 Å². The summed E-state index contributed by atoms with van der Waals surface area (Å²) in [5.74, 6) is 0.302. The maximum Gasteiger partial charge on any atom is 0.187 e. The third-order valence-electron chi connectivity index (χ3n) is 3.81. The number of thiocarbonyl (C=S) groups is 1. The van der Waals surface area contributed by atoms with Crippen molar-refractivity contribution in [3.63, 3.8) is 0 Å². The van der Waals surface area contributed by atoms with Crippen molar-refractivity contribution in [1.82, 2.24) is 10.7 Å². The minimum absolute atomic E-state index is 0.149. The van der Waals surface area contributed by atoms with Crippen LogP contribution in [0.3, 0.4) is 0 Å². The first kappa shape index (κ1) is 15.6. The van der Waals surface area contributed by atoms with Gasteiger partial charge in [-0.3, -0.25) is 5.43 Å². The number of hydrogen-bond donors (Lipinski definition) is 4. The van der Waals surface area contributed by atoms with Gasteiger partial charge in [-0.15, -0.1) is 0 Å². The van der Waals surface area contributed by atoms with Crippen molar-refractivity contribution >= 4 is 23.5 Å². The highest BCUT2D eigenvalue weighted by Crippen LogP contribution is 2.24. The molecule has 0 amide bonds. The molecule has 0 unspecified atom stereocenters. The van der Waals surface area contributed by atoms with Crippen molar-refractivity contribution in [2.45, 2.75) is 38.6 Å². The Balaban J connectivity index is 1.82. The van der Waals surface area contributed by atoms with Gasteiger partial charge in [0.05, 0.1) is 6.21 Å². The van der Waals surface area contributed by atoms with E-state index in [2.05, 4.69) is 22.8 Å². The Labute approximate surface area is 130 Å². The highest BCUT2D eigenvalue weighted by Gasteiger charge is 2.21. The molecule has 5 nitrogen and oxygen atoms in total. The van der Waals surface area contributed by atoms with Gasteiger partial charge in [0, 0.05) is 6.04 Å². The number of phenols is 2. The number of rotatable bonds is 3. The smallest absolute Gasteiger partial charge is 0.187 e. The second-order valence-corrected chi connectivity index (χ2v) is 5.87. The zero-order valence-corrected chi connectivity index (χ0v) is 12.9. The largest absolute Gasteiger partial charge is 0.504 e.